The van der Waals surface area contributed by atoms with Crippen LogP contribution in [0.1, 0.15) is 25.7 Å². The molecule has 0 spiro atoms. The molecule has 0 bridgehead atoms. The first kappa shape index (κ1) is 14.1. The number of amides is 1. The van der Waals surface area contributed by atoms with Crippen LogP contribution >= 0.6 is 10.7 Å². The van der Waals surface area contributed by atoms with Gasteiger partial charge in [0.15, 0.2) is 0 Å². The molecule has 0 aromatic carbocycles. The van der Waals surface area contributed by atoms with E-state index >= 15 is 0 Å². The first-order chi connectivity index (χ1) is 8.38. The molecule has 2 aliphatic rings. The van der Waals surface area contributed by atoms with Gasteiger partial charge in [-0.25, -0.2) is 8.42 Å². The molecule has 5 nitrogen and oxygen atoms in total. The summed E-state index contributed by atoms with van der Waals surface area (Å²) in [6.07, 6.45) is 3.31. The number of hydrogen-bond donors (Lipinski definition) is 0. The molecule has 2 atom stereocenters. The minimum Gasteiger partial charge on any atom is -0.341 e. The molecule has 2 saturated heterocycles. The van der Waals surface area contributed by atoms with Crippen LogP contribution in [0.5, 0.6) is 0 Å². The third-order valence-corrected chi connectivity index (χ3v) is 5.85. The minimum atomic E-state index is -3.62. The number of carbonyl (C=O) groups excluding carboxylic acids is 1. The molecule has 1 amide bonds. The average molecular weight is 295 g/mol. The summed E-state index contributed by atoms with van der Waals surface area (Å²) in [6.45, 7) is 2.00. The third-order valence-electron chi connectivity index (χ3n) is 3.98. The van der Waals surface area contributed by atoms with Crippen molar-refractivity contribution in [3.8, 4) is 0 Å². The summed E-state index contributed by atoms with van der Waals surface area (Å²) in [5.41, 5.74) is 0. The van der Waals surface area contributed by atoms with Gasteiger partial charge >= 0.3 is 0 Å². The molecular formula is C11H19ClN2O3S. The predicted octanol–water partition coefficient (Wildman–Crippen LogP) is 0.640. The van der Waals surface area contributed by atoms with Crippen LogP contribution in [0.3, 0.4) is 0 Å². The zero-order valence-corrected chi connectivity index (χ0v) is 12.1. The highest BCUT2D eigenvalue weighted by Gasteiger charge is 2.37. The van der Waals surface area contributed by atoms with Gasteiger partial charge in [-0.1, -0.05) is 0 Å². The van der Waals surface area contributed by atoms with Crippen LogP contribution in [-0.2, 0) is 13.8 Å². The molecule has 2 unspecified atom stereocenters. The van der Waals surface area contributed by atoms with Gasteiger partial charge in [0, 0.05) is 36.2 Å². The normalized spacial score (nSPS) is 30.3. The van der Waals surface area contributed by atoms with Gasteiger partial charge in [0.25, 0.3) is 0 Å². The Kier molecular flexibility index (Phi) is 4.18. The Morgan fingerprint density at radius 3 is 2.67 bits per heavy atom. The van der Waals surface area contributed by atoms with E-state index in [-0.39, 0.29) is 18.9 Å². The monoisotopic (exact) mass is 294 g/mol. The summed E-state index contributed by atoms with van der Waals surface area (Å²) in [6, 6.07) is 0.518. The van der Waals surface area contributed by atoms with Crippen LogP contribution in [0.25, 0.3) is 0 Å². The third kappa shape index (κ3) is 3.16. The van der Waals surface area contributed by atoms with E-state index < -0.39 is 14.3 Å². The van der Waals surface area contributed by atoms with Crippen LogP contribution < -0.4 is 0 Å². The molecule has 0 aromatic heterocycles. The molecule has 2 fully saturated rings. The maximum Gasteiger partial charge on any atom is 0.237 e. The van der Waals surface area contributed by atoms with Crippen molar-refractivity contribution in [2.24, 2.45) is 0 Å². The van der Waals surface area contributed by atoms with Gasteiger partial charge in [-0.3, -0.25) is 4.79 Å². The molecule has 0 saturated carbocycles. The van der Waals surface area contributed by atoms with Gasteiger partial charge in [0.2, 0.25) is 15.0 Å². The average Bonchev–Trinajstić information content (AvgIpc) is 2.82. The summed E-state index contributed by atoms with van der Waals surface area (Å²) < 4.78 is 22.4. The largest absolute Gasteiger partial charge is 0.341 e. The van der Waals surface area contributed by atoms with Gasteiger partial charge in [-0.2, -0.15) is 0 Å². The Balaban J connectivity index is 1.85. The minimum absolute atomic E-state index is 0.0341. The number of hydrogen-bond acceptors (Lipinski definition) is 4. The van der Waals surface area contributed by atoms with E-state index in [4.69, 9.17) is 10.7 Å². The van der Waals surface area contributed by atoms with E-state index in [0.717, 1.165) is 19.4 Å². The molecule has 2 aliphatic heterocycles. The van der Waals surface area contributed by atoms with Crippen molar-refractivity contribution in [2.45, 2.75) is 37.0 Å². The van der Waals surface area contributed by atoms with Gasteiger partial charge in [-0.05, 0) is 32.9 Å². The highest BCUT2D eigenvalue weighted by atomic mass is 35.7. The fourth-order valence-electron chi connectivity index (χ4n) is 2.79. The highest BCUT2D eigenvalue weighted by molar-refractivity contribution is 8.14. The van der Waals surface area contributed by atoms with E-state index in [1.165, 1.54) is 6.42 Å². The fourth-order valence-corrected chi connectivity index (χ4v) is 3.85. The summed E-state index contributed by atoms with van der Waals surface area (Å²) in [5.74, 6) is -0.0927. The topological polar surface area (TPSA) is 57.7 Å². The van der Waals surface area contributed by atoms with Crippen molar-refractivity contribution in [3.63, 3.8) is 0 Å². The molecule has 0 aromatic rings. The Hall–Kier alpha value is -0.330. The summed E-state index contributed by atoms with van der Waals surface area (Å²) in [4.78, 5) is 15.6. The smallest absolute Gasteiger partial charge is 0.237 e. The van der Waals surface area contributed by atoms with E-state index in [0.29, 0.717) is 12.6 Å². The van der Waals surface area contributed by atoms with Gasteiger partial charge in [-0.15, -0.1) is 0 Å². The zero-order chi connectivity index (χ0) is 13.3. The fraction of sp³-hybridized carbons (Fsp3) is 0.909. The molecule has 2 rings (SSSR count). The van der Waals surface area contributed by atoms with E-state index in [9.17, 15) is 13.2 Å². The quantitative estimate of drug-likeness (QED) is 0.714. The first-order valence-electron chi connectivity index (χ1n) is 6.29. The predicted molar refractivity (Wildman–Crippen MR) is 70.0 cm³/mol. The Labute approximate surface area is 112 Å². The molecular weight excluding hydrogens is 276 g/mol. The van der Waals surface area contributed by atoms with Gasteiger partial charge in [0.1, 0.15) is 5.25 Å². The first-order valence-corrected chi connectivity index (χ1v) is 8.66. The SMILES string of the molecule is CN1CCCC1CCN1CC(S(=O)(=O)Cl)CC1=O. The molecule has 0 aliphatic carbocycles. The van der Waals surface area contributed by atoms with Gasteiger partial charge in [0.05, 0.1) is 0 Å². The summed E-state index contributed by atoms with van der Waals surface area (Å²) >= 11 is 0. The molecule has 7 heteroatoms. The van der Waals surface area contributed by atoms with E-state index in [2.05, 4.69) is 11.9 Å². The molecule has 0 N–H and O–H groups in total. The maximum absolute atomic E-state index is 11.7. The van der Waals surface area contributed by atoms with Crippen LogP contribution in [0.2, 0.25) is 0 Å². The maximum atomic E-state index is 11.7. The second kappa shape index (κ2) is 5.35. The molecule has 18 heavy (non-hydrogen) atoms. The standard InChI is InChI=1S/C11H19ClN2O3S/c1-13-5-2-3-9(13)4-6-14-8-10(7-11(14)15)18(12,16)17/h9-10H,2-8H2,1H3. The number of nitrogens with zero attached hydrogens (tertiary/aromatic N) is 2. The lowest BCUT2D eigenvalue weighted by Crippen LogP contribution is -2.33. The Bertz CT molecular complexity index is 426. The van der Waals surface area contributed by atoms with Crippen molar-refractivity contribution >= 4 is 25.6 Å². The van der Waals surface area contributed by atoms with Gasteiger partial charge < -0.3 is 9.80 Å². The van der Waals surface area contributed by atoms with Crippen molar-refractivity contribution < 1.29 is 13.2 Å². The zero-order valence-electron chi connectivity index (χ0n) is 10.5. The molecule has 0 radical (unpaired) electrons. The van der Waals surface area contributed by atoms with Crippen molar-refractivity contribution in [2.75, 3.05) is 26.7 Å². The summed E-state index contributed by atoms with van der Waals surface area (Å²) in [5, 5.41) is -0.729. The Morgan fingerprint density at radius 1 is 1.44 bits per heavy atom. The number of likely N-dealkylation sites (tertiary alicyclic amines) is 2. The van der Waals surface area contributed by atoms with Crippen LogP contribution in [0.15, 0.2) is 0 Å². The van der Waals surface area contributed by atoms with E-state index in [1.807, 2.05) is 0 Å². The number of carbonyl (C=O) groups is 1. The Morgan fingerprint density at radius 2 is 2.17 bits per heavy atom. The van der Waals surface area contributed by atoms with Crippen molar-refractivity contribution in [3.05, 3.63) is 0 Å². The van der Waals surface area contributed by atoms with Crippen LogP contribution in [0, 0.1) is 0 Å². The van der Waals surface area contributed by atoms with Crippen LogP contribution in [0.4, 0.5) is 0 Å². The molecule has 104 valence electrons. The van der Waals surface area contributed by atoms with Crippen molar-refractivity contribution in [1.29, 1.82) is 0 Å². The lowest BCUT2D eigenvalue weighted by atomic mass is 10.1. The lowest BCUT2D eigenvalue weighted by Gasteiger charge is -2.23. The second-order valence-electron chi connectivity index (χ2n) is 5.21. The highest BCUT2D eigenvalue weighted by Crippen LogP contribution is 2.23. The lowest BCUT2D eigenvalue weighted by molar-refractivity contribution is -0.127. The second-order valence-corrected chi connectivity index (χ2v) is 8.12. The number of rotatable bonds is 4. The van der Waals surface area contributed by atoms with Crippen LogP contribution in [-0.4, -0.2) is 62.1 Å². The van der Waals surface area contributed by atoms with E-state index in [1.54, 1.807) is 4.90 Å². The number of halogens is 1. The summed E-state index contributed by atoms with van der Waals surface area (Å²) in [7, 11) is 3.78. The van der Waals surface area contributed by atoms with Crippen molar-refractivity contribution in [1.82, 2.24) is 9.80 Å². The molecule has 2 heterocycles.